The normalized spacial score (nSPS) is 13.4. The lowest BCUT2D eigenvalue weighted by atomic mass is 9.93. The summed E-state index contributed by atoms with van der Waals surface area (Å²) in [4.78, 5) is 22.2. The Morgan fingerprint density at radius 3 is 2.15 bits per heavy atom. The molecular formula is C23H30ClN2O6P. The number of phosphoric ester groups is 1. The van der Waals surface area contributed by atoms with Crippen molar-refractivity contribution in [3.8, 4) is 22.4 Å². The molecule has 0 amide bonds. The van der Waals surface area contributed by atoms with Gasteiger partial charge < -0.3 is 25.0 Å². The SMILES string of the molecule is CCCc1nc(-c2ccc(-c3ccc(CCC(N)(CO)COP(=O)(O)O)cc3)cc2)co1.Cl. The largest absolute Gasteiger partial charge is 0.469 e. The third-order valence-electron chi connectivity index (χ3n) is 5.23. The fourth-order valence-corrected chi connectivity index (χ4v) is 3.70. The molecule has 0 radical (unpaired) electrons. The minimum Gasteiger partial charge on any atom is -0.448 e. The van der Waals surface area contributed by atoms with Gasteiger partial charge in [-0.1, -0.05) is 55.5 Å². The molecule has 2 aromatic carbocycles. The minimum absolute atomic E-state index is 0. The minimum atomic E-state index is -4.64. The van der Waals surface area contributed by atoms with E-state index in [9.17, 15) is 9.67 Å². The van der Waals surface area contributed by atoms with Crippen LogP contribution in [0, 0.1) is 0 Å². The zero-order chi connectivity index (χ0) is 23.2. The van der Waals surface area contributed by atoms with Crippen molar-refractivity contribution < 1.29 is 28.4 Å². The summed E-state index contributed by atoms with van der Waals surface area (Å²) in [6, 6.07) is 16.1. The molecule has 1 atom stereocenters. The summed E-state index contributed by atoms with van der Waals surface area (Å²) in [7, 11) is -4.64. The van der Waals surface area contributed by atoms with Gasteiger partial charge in [0.1, 0.15) is 12.0 Å². The van der Waals surface area contributed by atoms with Crippen molar-refractivity contribution in [2.45, 2.75) is 38.1 Å². The van der Waals surface area contributed by atoms with Crippen molar-refractivity contribution >= 4 is 20.2 Å². The molecule has 33 heavy (non-hydrogen) atoms. The van der Waals surface area contributed by atoms with Crippen molar-refractivity contribution in [1.29, 1.82) is 0 Å². The number of halogens is 1. The van der Waals surface area contributed by atoms with E-state index in [1.807, 2.05) is 48.5 Å². The van der Waals surface area contributed by atoms with E-state index >= 15 is 0 Å². The van der Waals surface area contributed by atoms with Gasteiger partial charge in [0.25, 0.3) is 0 Å². The second kappa shape index (κ2) is 11.9. The van der Waals surface area contributed by atoms with Gasteiger partial charge in [-0.2, -0.15) is 0 Å². The predicted octanol–water partition coefficient (Wildman–Crippen LogP) is 4.11. The number of nitrogens with zero attached hydrogens (tertiary/aromatic N) is 1. The summed E-state index contributed by atoms with van der Waals surface area (Å²) >= 11 is 0. The predicted molar refractivity (Wildman–Crippen MR) is 129 cm³/mol. The smallest absolute Gasteiger partial charge is 0.448 e. The molecule has 3 rings (SSSR count). The average molecular weight is 497 g/mol. The molecule has 0 bridgehead atoms. The van der Waals surface area contributed by atoms with Crippen LogP contribution in [0.1, 0.15) is 31.2 Å². The molecular weight excluding hydrogens is 467 g/mol. The van der Waals surface area contributed by atoms with Crippen molar-refractivity contribution in [3.63, 3.8) is 0 Å². The van der Waals surface area contributed by atoms with Crippen LogP contribution >= 0.6 is 20.2 Å². The van der Waals surface area contributed by atoms with E-state index in [2.05, 4.69) is 16.4 Å². The zero-order valence-corrected chi connectivity index (χ0v) is 20.1. The first-order chi connectivity index (χ1) is 15.2. The van der Waals surface area contributed by atoms with Gasteiger partial charge in [0.15, 0.2) is 5.89 Å². The van der Waals surface area contributed by atoms with Crippen molar-refractivity contribution in [3.05, 3.63) is 66.2 Å². The van der Waals surface area contributed by atoms with Gasteiger partial charge in [0.2, 0.25) is 0 Å². The van der Waals surface area contributed by atoms with Gasteiger partial charge >= 0.3 is 7.82 Å². The first kappa shape index (κ1) is 27.2. The highest BCUT2D eigenvalue weighted by Crippen LogP contribution is 2.37. The summed E-state index contributed by atoms with van der Waals surface area (Å²) in [5.41, 5.74) is 9.73. The number of benzene rings is 2. The number of hydrogen-bond acceptors (Lipinski definition) is 6. The zero-order valence-electron chi connectivity index (χ0n) is 18.4. The van der Waals surface area contributed by atoms with E-state index in [1.165, 1.54) is 0 Å². The molecule has 1 unspecified atom stereocenters. The fourth-order valence-electron chi connectivity index (χ4n) is 3.27. The molecule has 0 aliphatic rings. The average Bonchev–Trinajstić information content (AvgIpc) is 3.25. The van der Waals surface area contributed by atoms with Gasteiger partial charge in [0.05, 0.1) is 18.8 Å². The van der Waals surface area contributed by atoms with Crippen molar-refractivity contribution in [2.24, 2.45) is 5.73 Å². The maximum absolute atomic E-state index is 10.9. The van der Waals surface area contributed by atoms with Crippen molar-refractivity contribution in [2.75, 3.05) is 13.2 Å². The molecule has 0 aliphatic heterocycles. The lowest BCUT2D eigenvalue weighted by Crippen LogP contribution is -2.48. The number of oxazole rings is 1. The number of phosphoric acid groups is 1. The Bertz CT molecular complexity index is 1050. The Morgan fingerprint density at radius 2 is 1.61 bits per heavy atom. The van der Waals surface area contributed by atoms with Crippen LogP contribution in [0.15, 0.2) is 59.2 Å². The van der Waals surface area contributed by atoms with Crippen LogP contribution < -0.4 is 5.73 Å². The highest BCUT2D eigenvalue weighted by molar-refractivity contribution is 7.46. The van der Waals surface area contributed by atoms with Gasteiger partial charge in [-0.25, -0.2) is 9.55 Å². The first-order valence-electron chi connectivity index (χ1n) is 10.5. The molecule has 0 fully saturated rings. The molecule has 8 nitrogen and oxygen atoms in total. The van der Waals surface area contributed by atoms with E-state index in [4.69, 9.17) is 19.9 Å². The Kier molecular flexibility index (Phi) is 9.82. The second-order valence-electron chi connectivity index (χ2n) is 7.94. The molecule has 1 heterocycles. The lowest BCUT2D eigenvalue weighted by molar-refractivity contribution is 0.102. The van der Waals surface area contributed by atoms with Gasteiger partial charge in [-0.15, -0.1) is 12.4 Å². The lowest BCUT2D eigenvalue weighted by Gasteiger charge is -2.27. The van der Waals surface area contributed by atoms with Crippen LogP contribution in [-0.4, -0.2) is 38.6 Å². The third-order valence-corrected chi connectivity index (χ3v) is 5.70. The van der Waals surface area contributed by atoms with Gasteiger partial charge in [0, 0.05) is 12.0 Å². The number of nitrogens with two attached hydrogens (primary N) is 1. The van der Waals surface area contributed by atoms with E-state index in [0.29, 0.717) is 12.8 Å². The number of aromatic nitrogens is 1. The quantitative estimate of drug-likeness (QED) is 0.291. The molecule has 1 aromatic heterocycles. The topological polar surface area (TPSA) is 139 Å². The van der Waals surface area contributed by atoms with Crippen LogP contribution in [0.5, 0.6) is 0 Å². The summed E-state index contributed by atoms with van der Waals surface area (Å²) in [5, 5.41) is 9.52. The Hall–Kier alpha value is -2.03. The van der Waals surface area contributed by atoms with Crippen LogP contribution in [0.3, 0.4) is 0 Å². The number of aliphatic hydroxyl groups excluding tert-OH is 1. The highest BCUT2D eigenvalue weighted by atomic mass is 35.5. The molecule has 0 aliphatic carbocycles. The van der Waals surface area contributed by atoms with Crippen molar-refractivity contribution in [1.82, 2.24) is 4.98 Å². The highest BCUT2D eigenvalue weighted by Gasteiger charge is 2.28. The number of hydrogen-bond donors (Lipinski definition) is 4. The second-order valence-corrected chi connectivity index (χ2v) is 9.17. The Balaban J connectivity index is 0.00000385. The molecule has 0 saturated heterocycles. The van der Waals surface area contributed by atoms with Crippen LogP contribution in [0.2, 0.25) is 0 Å². The molecule has 0 saturated carbocycles. The molecule has 5 N–H and O–H groups in total. The maximum atomic E-state index is 10.9. The van der Waals surface area contributed by atoms with E-state index in [-0.39, 0.29) is 12.4 Å². The monoisotopic (exact) mass is 496 g/mol. The molecule has 0 spiro atoms. The summed E-state index contributed by atoms with van der Waals surface area (Å²) in [5.74, 6) is 0.748. The van der Waals surface area contributed by atoms with E-state index in [1.54, 1.807) is 6.26 Å². The van der Waals surface area contributed by atoms with E-state index in [0.717, 1.165) is 46.7 Å². The first-order valence-corrected chi connectivity index (χ1v) is 12.0. The Labute approximate surface area is 199 Å². The Morgan fingerprint density at radius 1 is 1.03 bits per heavy atom. The summed E-state index contributed by atoms with van der Waals surface area (Å²) in [6.07, 6.45) is 4.35. The molecule has 10 heteroatoms. The fraction of sp³-hybridized carbons (Fsp3) is 0.348. The summed E-state index contributed by atoms with van der Waals surface area (Å²) in [6.45, 7) is 1.22. The number of aliphatic hydroxyl groups is 1. The standard InChI is InChI=1S/C23H29N2O6P.ClH/c1-2-3-22-25-21(14-30-22)20-10-8-19(9-11-20)18-6-4-17(5-7-18)12-13-23(24,15-26)16-31-32(27,28)29;/h4-11,14,26H,2-3,12-13,15-16,24H2,1H3,(H2,27,28,29);1H. The number of rotatable bonds is 11. The molecule has 3 aromatic rings. The van der Waals surface area contributed by atoms with Gasteiger partial charge in [-0.3, -0.25) is 4.52 Å². The van der Waals surface area contributed by atoms with Crippen LogP contribution in [0.25, 0.3) is 22.4 Å². The third kappa shape index (κ3) is 8.05. The van der Waals surface area contributed by atoms with Crippen LogP contribution in [-0.2, 0) is 21.9 Å². The summed E-state index contributed by atoms with van der Waals surface area (Å²) < 4.78 is 20.9. The van der Waals surface area contributed by atoms with E-state index < -0.39 is 26.6 Å². The van der Waals surface area contributed by atoms with Crippen LogP contribution in [0.4, 0.5) is 0 Å². The molecule has 180 valence electrons. The maximum Gasteiger partial charge on any atom is 0.469 e. The number of aryl methyl sites for hydroxylation is 2. The van der Waals surface area contributed by atoms with Gasteiger partial charge in [-0.05, 0) is 36.0 Å².